The zero-order valence-corrected chi connectivity index (χ0v) is 18.3. The van der Waals surface area contributed by atoms with E-state index in [1.54, 1.807) is 0 Å². The third-order valence-corrected chi connectivity index (χ3v) is 6.86. The van der Waals surface area contributed by atoms with Crippen molar-refractivity contribution in [3.63, 3.8) is 0 Å². The maximum Gasteiger partial charge on any atom is 0.246 e. The second kappa shape index (κ2) is 9.97. The summed E-state index contributed by atoms with van der Waals surface area (Å²) in [7, 11) is 0. The quantitative estimate of drug-likeness (QED) is 0.718. The highest BCUT2D eigenvalue weighted by molar-refractivity contribution is 5.84. The van der Waals surface area contributed by atoms with E-state index in [1.807, 2.05) is 24.4 Å². The van der Waals surface area contributed by atoms with Crippen LogP contribution in [-0.2, 0) is 10.2 Å². The number of hydrogen-bond acceptors (Lipinski definition) is 3. The van der Waals surface area contributed by atoms with Crippen LogP contribution < -0.4 is 10.6 Å². The van der Waals surface area contributed by atoms with Gasteiger partial charge in [0.05, 0.1) is 0 Å². The van der Waals surface area contributed by atoms with Gasteiger partial charge in [0.1, 0.15) is 6.04 Å². The van der Waals surface area contributed by atoms with Crippen LogP contribution in [0.2, 0.25) is 0 Å². The number of nitrogens with one attached hydrogen (secondary N) is 2. The minimum Gasteiger partial charge on any atom is -0.377 e. The number of likely N-dealkylation sites (tertiary alicyclic amines) is 1. The van der Waals surface area contributed by atoms with E-state index in [9.17, 15) is 4.79 Å². The van der Waals surface area contributed by atoms with E-state index in [1.165, 1.54) is 11.1 Å². The van der Waals surface area contributed by atoms with Crippen molar-refractivity contribution in [2.45, 2.75) is 43.7 Å². The van der Waals surface area contributed by atoms with E-state index in [2.05, 4.69) is 83.1 Å². The Morgan fingerprint density at radius 1 is 1.03 bits per heavy atom. The molecule has 2 aliphatic heterocycles. The SMILES string of the molecule is CC(CCNC(=O)C1C=CC=CN1)N1CCC(c2ccccc2)(c2ccccc2)CC1. The van der Waals surface area contributed by atoms with Crippen molar-refractivity contribution in [1.82, 2.24) is 15.5 Å². The van der Waals surface area contributed by atoms with Crippen molar-refractivity contribution in [3.8, 4) is 0 Å². The Bertz CT molecular complexity index is 857. The third-order valence-electron chi connectivity index (χ3n) is 6.86. The minimum atomic E-state index is -0.257. The van der Waals surface area contributed by atoms with Gasteiger partial charge < -0.3 is 15.5 Å². The first-order valence-corrected chi connectivity index (χ1v) is 11.4. The van der Waals surface area contributed by atoms with Crippen molar-refractivity contribution in [1.29, 1.82) is 0 Å². The minimum absolute atomic E-state index is 0.0404. The lowest BCUT2D eigenvalue weighted by molar-refractivity contribution is -0.121. The molecule has 0 aromatic heterocycles. The molecule has 0 saturated carbocycles. The number of nitrogens with zero attached hydrogens (tertiary/aromatic N) is 1. The molecule has 2 aliphatic rings. The first-order chi connectivity index (χ1) is 15.2. The number of carbonyl (C=O) groups is 1. The highest BCUT2D eigenvalue weighted by Gasteiger charge is 2.38. The largest absolute Gasteiger partial charge is 0.377 e. The third kappa shape index (κ3) is 4.91. The predicted molar refractivity (Wildman–Crippen MR) is 127 cm³/mol. The zero-order valence-electron chi connectivity index (χ0n) is 18.3. The maximum absolute atomic E-state index is 12.3. The van der Waals surface area contributed by atoms with Gasteiger partial charge in [0.2, 0.25) is 5.91 Å². The Morgan fingerprint density at radius 2 is 1.65 bits per heavy atom. The summed E-state index contributed by atoms with van der Waals surface area (Å²) in [6, 6.07) is 22.1. The number of dihydropyridines is 1. The van der Waals surface area contributed by atoms with Crippen LogP contribution in [0.15, 0.2) is 85.1 Å². The van der Waals surface area contributed by atoms with Crippen molar-refractivity contribution < 1.29 is 4.79 Å². The van der Waals surface area contributed by atoms with Crippen LogP contribution in [0.3, 0.4) is 0 Å². The van der Waals surface area contributed by atoms with Gasteiger partial charge >= 0.3 is 0 Å². The molecular formula is C27H33N3O. The zero-order chi connectivity index (χ0) is 21.5. The van der Waals surface area contributed by atoms with Crippen LogP contribution in [0.25, 0.3) is 0 Å². The van der Waals surface area contributed by atoms with Crippen LogP contribution in [0, 0.1) is 0 Å². The van der Waals surface area contributed by atoms with Crippen LogP contribution in [0.4, 0.5) is 0 Å². The number of carbonyl (C=O) groups excluding carboxylic acids is 1. The molecule has 0 spiro atoms. The van der Waals surface area contributed by atoms with Crippen molar-refractivity contribution in [2.75, 3.05) is 19.6 Å². The summed E-state index contributed by atoms with van der Waals surface area (Å²) in [5.41, 5.74) is 2.92. The summed E-state index contributed by atoms with van der Waals surface area (Å²) in [6.45, 7) is 5.12. The molecule has 0 radical (unpaired) electrons. The molecule has 4 heteroatoms. The van der Waals surface area contributed by atoms with Gasteiger partial charge in [0, 0.05) is 18.0 Å². The van der Waals surface area contributed by atoms with Crippen LogP contribution >= 0.6 is 0 Å². The first-order valence-electron chi connectivity index (χ1n) is 11.4. The Labute approximate surface area is 186 Å². The fourth-order valence-corrected chi connectivity index (χ4v) is 4.91. The Kier molecular flexibility index (Phi) is 6.88. The number of amides is 1. The highest BCUT2D eigenvalue weighted by Crippen LogP contribution is 2.42. The number of hydrogen-bond donors (Lipinski definition) is 2. The molecule has 2 N–H and O–H groups in total. The second-order valence-corrected chi connectivity index (χ2v) is 8.67. The molecule has 1 amide bonds. The lowest BCUT2D eigenvalue weighted by Crippen LogP contribution is -2.48. The second-order valence-electron chi connectivity index (χ2n) is 8.67. The number of rotatable bonds is 7. The average molecular weight is 416 g/mol. The highest BCUT2D eigenvalue weighted by atomic mass is 16.2. The normalized spacial score (nSPS) is 21.3. The molecule has 2 aromatic rings. The molecule has 162 valence electrons. The Balaban J connectivity index is 1.34. The standard InChI is InChI=1S/C27H33N3O/c1-22(15-19-29-26(31)25-14-8-9-18-28-25)30-20-16-27(17-21-30,23-10-4-2-5-11-23)24-12-6-3-7-13-24/h2-14,18,22,25,28H,15-17,19-21H2,1H3,(H,29,31). The fraction of sp³-hybridized carbons (Fsp3) is 0.370. The molecule has 1 fully saturated rings. The van der Waals surface area contributed by atoms with E-state index < -0.39 is 0 Å². The van der Waals surface area contributed by atoms with Gasteiger partial charge in [0.15, 0.2) is 0 Å². The van der Waals surface area contributed by atoms with Gasteiger partial charge in [-0.15, -0.1) is 0 Å². The van der Waals surface area contributed by atoms with Crippen molar-refractivity contribution in [3.05, 3.63) is 96.2 Å². The van der Waals surface area contributed by atoms with Gasteiger partial charge in [0.25, 0.3) is 0 Å². The smallest absolute Gasteiger partial charge is 0.246 e. The van der Waals surface area contributed by atoms with E-state index in [4.69, 9.17) is 0 Å². The van der Waals surface area contributed by atoms with Crippen LogP contribution in [-0.4, -0.2) is 42.5 Å². The molecule has 2 heterocycles. The molecule has 2 aromatic carbocycles. The molecule has 4 rings (SSSR count). The van der Waals surface area contributed by atoms with Crippen LogP contribution in [0.5, 0.6) is 0 Å². The van der Waals surface area contributed by atoms with Gasteiger partial charge in [-0.05, 0) is 62.7 Å². The number of allylic oxidation sites excluding steroid dienone is 2. The van der Waals surface area contributed by atoms with E-state index in [0.29, 0.717) is 12.6 Å². The average Bonchev–Trinajstić information content (AvgIpc) is 2.85. The van der Waals surface area contributed by atoms with E-state index >= 15 is 0 Å². The fourth-order valence-electron chi connectivity index (χ4n) is 4.91. The van der Waals surface area contributed by atoms with E-state index in [0.717, 1.165) is 32.4 Å². The molecule has 31 heavy (non-hydrogen) atoms. The first kappa shape index (κ1) is 21.4. The molecular weight excluding hydrogens is 382 g/mol. The summed E-state index contributed by atoms with van der Waals surface area (Å²) >= 11 is 0. The maximum atomic E-state index is 12.3. The summed E-state index contributed by atoms with van der Waals surface area (Å²) in [5.74, 6) is 0.0404. The van der Waals surface area contributed by atoms with Crippen LogP contribution in [0.1, 0.15) is 37.3 Å². The van der Waals surface area contributed by atoms with Gasteiger partial charge in [-0.3, -0.25) is 4.79 Å². The molecule has 0 bridgehead atoms. The van der Waals surface area contributed by atoms with E-state index in [-0.39, 0.29) is 17.4 Å². The predicted octanol–water partition coefficient (Wildman–Crippen LogP) is 4.01. The molecule has 2 atom stereocenters. The van der Waals surface area contributed by atoms with Crippen molar-refractivity contribution >= 4 is 5.91 Å². The summed E-state index contributed by atoms with van der Waals surface area (Å²) in [5, 5.41) is 6.15. The molecule has 2 unspecified atom stereocenters. The summed E-state index contributed by atoms with van der Waals surface area (Å²) in [4.78, 5) is 14.9. The molecule has 1 saturated heterocycles. The topological polar surface area (TPSA) is 44.4 Å². The Hall–Kier alpha value is -2.85. The number of piperidine rings is 1. The Morgan fingerprint density at radius 3 is 2.19 bits per heavy atom. The molecule has 4 nitrogen and oxygen atoms in total. The van der Waals surface area contributed by atoms with Gasteiger partial charge in [-0.2, -0.15) is 0 Å². The van der Waals surface area contributed by atoms with Gasteiger partial charge in [-0.25, -0.2) is 0 Å². The lowest BCUT2D eigenvalue weighted by atomic mass is 9.68. The van der Waals surface area contributed by atoms with Crippen molar-refractivity contribution in [2.24, 2.45) is 0 Å². The summed E-state index contributed by atoms with van der Waals surface area (Å²) in [6.07, 6.45) is 10.7. The number of benzene rings is 2. The van der Waals surface area contributed by atoms with Gasteiger partial charge in [-0.1, -0.05) is 72.8 Å². The molecule has 0 aliphatic carbocycles. The lowest BCUT2D eigenvalue weighted by Gasteiger charge is -2.45. The summed E-state index contributed by atoms with van der Waals surface area (Å²) < 4.78 is 0. The monoisotopic (exact) mass is 415 g/mol.